The molecule has 1 rings (SSSR count). The second-order valence-electron chi connectivity index (χ2n) is 2.42. The zero-order valence-corrected chi connectivity index (χ0v) is 5.16. The van der Waals surface area contributed by atoms with Crippen LogP contribution in [0, 0.1) is 5.21 Å². The number of piperidine rings is 1. The van der Waals surface area contributed by atoms with Crippen molar-refractivity contribution in [3.05, 3.63) is 5.21 Å². The first kappa shape index (κ1) is 6.95. The number of hydrogen-bond donors (Lipinski definition) is 2. The van der Waals surface area contributed by atoms with E-state index >= 15 is 0 Å². The number of rotatable bonds is 0. The number of nitrogens with two attached hydrogens (primary N) is 1. The summed E-state index contributed by atoms with van der Waals surface area (Å²) in [6.45, 7) is 0.265. The van der Waals surface area contributed by atoms with Gasteiger partial charge in [-0.15, -0.1) is 0 Å². The molecule has 0 spiro atoms. The van der Waals surface area contributed by atoms with E-state index in [9.17, 15) is 5.21 Å². The molecule has 0 saturated carbocycles. The second-order valence-corrected chi connectivity index (χ2v) is 2.42. The van der Waals surface area contributed by atoms with E-state index in [-0.39, 0.29) is 12.6 Å². The van der Waals surface area contributed by atoms with Gasteiger partial charge in [-0.1, -0.05) is 0 Å². The number of aliphatic hydroxyl groups is 1. The van der Waals surface area contributed by atoms with Gasteiger partial charge in [-0.3, -0.25) is 0 Å². The van der Waals surface area contributed by atoms with Crippen LogP contribution in [0.5, 0.6) is 0 Å². The summed E-state index contributed by atoms with van der Waals surface area (Å²) in [6.07, 6.45) is 0.440. The minimum atomic E-state index is -0.815. The van der Waals surface area contributed by atoms with E-state index in [1.165, 1.54) is 0 Å². The quantitative estimate of drug-likeness (QED) is 0.452. The third-order valence-corrected chi connectivity index (χ3v) is 1.54. The molecule has 1 heterocycles. The van der Waals surface area contributed by atoms with Gasteiger partial charge in [0.1, 0.15) is 0 Å². The highest BCUT2D eigenvalue weighted by Gasteiger charge is 2.16. The first-order chi connectivity index (χ1) is 4.20. The number of hydroxylamine groups is 2. The zero-order chi connectivity index (χ0) is 6.85. The Bertz CT molecular complexity index is 99.0. The van der Waals surface area contributed by atoms with E-state index in [1.807, 2.05) is 0 Å². The first-order valence-electron chi connectivity index (χ1n) is 3.07. The van der Waals surface area contributed by atoms with Crippen molar-refractivity contribution >= 4 is 0 Å². The summed E-state index contributed by atoms with van der Waals surface area (Å²) < 4.78 is 0. The molecule has 0 bridgehead atoms. The molecule has 9 heavy (non-hydrogen) atoms. The minimum Gasteiger partial charge on any atom is -0.783 e. The van der Waals surface area contributed by atoms with Gasteiger partial charge in [-0.05, 0) is 12.8 Å². The molecule has 54 valence electrons. The molecular weight excluding hydrogens is 120 g/mol. The normalized spacial score (nSPS) is 39.0. The monoisotopic (exact) mass is 131 g/mol. The third kappa shape index (κ3) is 1.62. The predicted octanol–water partition coefficient (Wildman–Crippen LogP) is -0.774. The summed E-state index contributed by atoms with van der Waals surface area (Å²) >= 11 is 0. The van der Waals surface area contributed by atoms with Crippen LogP contribution < -0.4 is 5.73 Å². The van der Waals surface area contributed by atoms with Crippen molar-refractivity contribution in [1.29, 1.82) is 0 Å². The number of nitrogens with zero attached hydrogens (tertiary/aromatic N) is 1. The smallest absolute Gasteiger partial charge is 0.0957 e. The summed E-state index contributed by atoms with van der Waals surface area (Å²) in [5, 5.41) is 20.1. The maximum atomic E-state index is 10.6. The molecule has 1 fully saturated rings. The Morgan fingerprint density at radius 3 is 2.67 bits per heavy atom. The largest absolute Gasteiger partial charge is 0.783 e. The SMILES string of the molecule is NC1CCC(O)N([O-])C1. The molecule has 0 aromatic carbocycles. The summed E-state index contributed by atoms with van der Waals surface area (Å²) in [5.41, 5.74) is 5.43. The lowest BCUT2D eigenvalue weighted by atomic mass is 10.1. The average Bonchev–Trinajstić information content (AvgIpc) is 1.80. The lowest BCUT2D eigenvalue weighted by molar-refractivity contribution is 0.00287. The first-order valence-corrected chi connectivity index (χ1v) is 3.07. The highest BCUT2D eigenvalue weighted by atomic mass is 16.5. The van der Waals surface area contributed by atoms with Crippen LogP contribution in [0.15, 0.2) is 0 Å². The molecule has 1 aliphatic heterocycles. The van der Waals surface area contributed by atoms with Gasteiger partial charge in [0.25, 0.3) is 0 Å². The van der Waals surface area contributed by atoms with Crippen molar-refractivity contribution in [2.24, 2.45) is 5.73 Å². The standard InChI is InChI=1S/C5H11N2O2/c6-4-1-2-5(8)7(9)3-4/h4-5,8H,1-3,6H2/q-1. The van der Waals surface area contributed by atoms with Crippen LogP contribution in [0.25, 0.3) is 0 Å². The Morgan fingerprint density at radius 1 is 1.56 bits per heavy atom. The Hall–Kier alpha value is -0.160. The molecule has 4 heteroatoms. The molecule has 3 N–H and O–H groups in total. The van der Waals surface area contributed by atoms with Crippen molar-refractivity contribution in [2.75, 3.05) is 6.54 Å². The molecule has 0 amide bonds. The lowest BCUT2D eigenvalue weighted by Gasteiger charge is -2.40. The fourth-order valence-corrected chi connectivity index (χ4v) is 0.951. The van der Waals surface area contributed by atoms with Crippen molar-refractivity contribution < 1.29 is 5.11 Å². The second kappa shape index (κ2) is 2.62. The maximum Gasteiger partial charge on any atom is 0.0957 e. The summed E-state index contributed by atoms with van der Waals surface area (Å²) in [7, 11) is 0. The van der Waals surface area contributed by atoms with Gasteiger partial charge in [0.15, 0.2) is 0 Å². The molecule has 1 aliphatic rings. The van der Waals surface area contributed by atoms with E-state index in [2.05, 4.69) is 0 Å². The van der Waals surface area contributed by atoms with Crippen LogP contribution in [0.4, 0.5) is 0 Å². The molecule has 2 unspecified atom stereocenters. The van der Waals surface area contributed by atoms with Crippen molar-refractivity contribution in [3.63, 3.8) is 0 Å². The fraction of sp³-hybridized carbons (Fsp3) is 1.00. The van der Waals surface area contributed by atoms with Crippen LogP contribution in [0.3, 0.4) is 0 Å². The van der Waals surface area contributed by atoms with E-state index in [0.29, 0.717) is 11.5 Å². The van der Waals surface area contributed by atoms with Gasteiger partial charge >= 0.3 is 0 Å². The zero-order valence-electron chi connectivity index (χ0n) is 5.16. The van der Waals surface area contributed by atoms with Crippen molar-refractivity contribution in [2.45, 2.75) is 25.1 Å². The maximum absolute atomic E-state index is 10.6. The van der Waals surface area contributed by atoms with Crippen LogP contribution in [0.1, 0.15) is 12.8 Å². The van der Waals surface area contributed by atoms with E-state index in [0.717, 1.165) is 6.42 Å². The molecule has 4 nitrogen and oxygen atoms in total. The number of hydrogen-bond acceptors (Lipinski definition) is 4. The average molecular weight is 131 g/mol. The van der Waals surface area contributed by atoms with Crippen molar-refractivity contribution in [3.8, 4) is 0 Å². The Balaban J connectivity index is 2.35. The Kier molecular flexibility index (Phi) is 2.02. The van der Waals surface area contributed by atoms with Gasteiger partial charge < -0.3 is 21.1 Å². The van der Waals surface area contributed by atoms with E-state index in [4.69, 9.17) is 10.8 Å². The molecule has 2 atom stereocenters. The molecule has 0 aliphatic carbocycles. The third-order valence-electron chi connectivity index (χ3n) is 1.54. The topological polar surface area (TPSA) is 72.5 Å². The van der Waals surface area contributed by atoms with E-state index < -0.39 is 6.23 Å². The van der Waals surface area contributed by atoms with Crippen LogP contribution in [-0.4, -0.2) is 29.0 Å². The van der Waals surface area contributed by atoms with Crippen LogP contribution in [-0.2, 0) is 0 Å². The van der Waals surface area contributed by atoms with Gasteiger partial charge in [-0.25, -0.2) is 0 Å². The molecule has 1 saturated heterocycles. The summed E-state index contributed by atoms with van der Waals surface area (Å²) in [6, 6.07) is -0.0501. The molecular formula is C5H11N2O2-. The van der Waals surface area contributed by atoms with Crippen LogP contribution >= 0.6 is 0 Å². The highest BCUT2D eigenvalue weighted by Crippen LogP contribution is 2.11. The fourth-order valence-electron chi connectivity index (χ4n) is 0.951. The van der Waals surface area contributed by atoms with Crippen molar-refractivity contribution in [1.82, 2.24) is 5.06 Å². The lowest BCUT2D eigenvalue weighted by Crippen LogP contribution is -2.45. The predicted molar refractivity (Wildman–Crippen MR) is 33.3 cm³/mol. The Labute approximate surface area is 53.8 Å². The van der Waals surface area contributed by atoms with Gasteiger partial charge in [0.2, 0.25) is 0 Å². The molecule has 0 aromatic heterocycles. The Morgan fingerprint density at radius 2 is 2.22 bits per heavy atom. The van der Waals surface area contributed by atoms with Crippen LogP contribution in [0.2, 0.25) is 0 Å². The van der Waals surface area contributed by atoms with Gasteiger partial charge in [0, 0.05) is 12.6 Å². The van der Waals surface area contributed by atoms with Gasteiger partial charge in [0.05, 0.1) is 6.23 Å². The summed E-state index contributed by atoms with van der Waals surface area (Å²) in [4.78, 5) is 0. The minimum absolute atomic E-state index is 0.0501. The highest BCUT2D eigenvalue weighted by molar-refractivity contribution is 4.77. The van der Waals surface area contributed by atoms with Gasteiger partial charge in [-0.2, -0.15) is 0 Å². The van der Waals surface area contributed by atoms with E-state index in [1.54, 1.807) is 0 Å². The number of aliphatic hydroxyl groups excluding tert-OH is 1. The molecule has 0 aromatic rings. The molecule has 0 radical (unpaired) electrons. The summed E-state index contributed by atoms with van der Waals surface area (Å²) in [5.74, 6) is 0.